The fraction of sp³-hybridized carbons (Fsp3) is 0.150. The second kappa shape index (κ2) is 6.53. The molecule has 23 heavy (non-hydrogen) atoms. The van der Waals surface area contributed by atoms with Crippen molar-refractivity contribution in [3.63, 3.8) is 0 Å². The summed E-state index contributed by atoms with van der Waals surface area (Å²) in [6.07, 6.45) is 2.24. The van der Waals surface area contributed by atoms with Crippen molar-refractivity contribution in [2.75, 3.05) is 6.61 Å². The molecule has 0 atom stereocenters. The van der Waals surface area contributed by atoms with Crippen LogP contribution in [-0.2, 0) is 6.42 Å². The maximum absolute atomic E-state index is 12.4. The molecule has 0 aliphatic rings. The Bertz CT molecular complexity index is 892. The van der Waals surface area contributed by atoms with Gasteiger partial charge in [-0.05, 0) is 30.2 Å². The zero-order chi connectivity index (χ0) is 16.2. The van der Waals surface area contributed by atoms with Crippen LogP contribution in [0.5, 0.6) is 5.75 Å². The van der Waals surface area contributed by atoms with Gasteiger partial charge < -0.3 is 9.15 Å². The Kier molecular flexibility index (Phi) is 4.29. The van der Waals surface area contributed by atoms with Gasteiger partial charge in [0.25, 0.3) is 0 Å². The maximum atomic E-state index is 12.4. The van der Waals surface area contributed by atoms with Crippen LogP contribution in [0.3, 0.4) is 0 Å². The van der Waals surface area contributed by atoms with Gasteiger partial charge in [0.05, 0.1) is 0 Å². The molecule has 0 saturated carbocycles. The molecule has 3 heteroatoms. The molecule has 1 aromatic heterocycles. The highest BCUT2D eigenvalue weighted by Crippen LogP contribution is 2.25. The lowest BCUT2D eigenvalue weighted by atomic mass is 10.00. The Hall–Kier alpha value is -2.81. The van der Waals surface area contributed by atoms with Crippen LogP contribution in [0, 0.1) is 6.92 Å². The summed E-state index contributed by atoms with van der Waals surface area (Å²) in [7, 11) is 0. The first-order chi connectivity index (χ1) is 11.2. The minimum atomic E-state index is -0.292. The lowest BCUT2D eigenvalue weighted by Gasteiger charge is -2.09. The Morgan fingerprint density at radius 3 is 2.70 bits per heavy atom. The van der Waals surface area contributed by atoms with Gasteiger partial charge >= 0.3 is 5.63 Å². The molecule has 0 radical (unpaired) electrons. The molecule has 0 aliphatic heterocycles. The molecular formula is C20H18O3. The van der Waals surface area contributed by atoms with Crippen molar-refractivity contribution in [1.29, 1.82) is 0 Å². The second-order valence-electron chi connectivity index (χ2n) is 5.41. The van der Waals surface area contributed by atoms with Crippen LogP contribution in [0.15, 0.2) is 70.4 Å². The molecule has 0 aliphatic carbocycles. The van der Waals surface area contributed by atoms with Crippen LogP contribution in [0.2, 0.25) is 0 Å². The van der Waals surface area contributed by atoms with Crippen LogP contribution in [-0.4, -0.2) is 6.61 Å². The second-order valence-corrected chi connectivity index (χ2v) is 5.41. The van der Waals surface area contributed by atoms with Crippen molar-refractivity contribution < 1.29 is 9.15 Å². The molecule has 0 saturated heterocycles. The van der Waals surface area contributed by atoms with Crippen molar-refractivity contribution >= 4 is 11.0 Å². The fourth-order valence-corrected chi connectivity index (χ4v) is 2.62. The van der Waals surface area contributed by atoms with Gasteiger partial charge in [0.2, 0.25) is 0 Å². The number of aryl methyl sites for hydroxylation is 1. The van der Waals surface area contributed by atoms with Crippen LogP contribution in [0.1, 0.15) is 16.7 Å². The Balaban J connectivity index is 2.04. The third-order valence-corrected chi connectivity index (χ3v) is 3.85. The largest absolute Gasteiger partial charge is 0.489 e. The number of hydrogen-bond acceptors (Lipinski definition) is 3. The van der Waals surface area contributed by atoms with Gasteiger partial charge in [0, 0.05) is 23.4 Å². The molecule has 3 nitrogen and oxygen atoms in total. The first-order valence-electron chi connectivity index (χ1n) is 7.53. The predicted octanol–water partition coefficient (Wildman–Crippen LogP) is 4.26. The Labute approximate surface area is 134 Å². The minimum absolute atomic E-state index is 0.292. The lowest BCUT2D eigenvalue weighted by Crippen LogP contribution is -2.11. The quantitative estimate of drug-likeness (QED) is 0.522. The van der Waals surface area contributed by atoms with Gasteiger partial charge in [-0.2, -0.15) is 0 Å². The average molecular weight is 306 g/mol. The van der Waals surface area contributed by atoms with Crippen molar-refractivity contribution in [3.8, 4) is 5.75 Å². The standard InChI is InChI=1S/C20H18O3/c1-3-11-22-16-9-10-17-14(2)18(20(21)23-19(17)13-16)12-15-7-5-4-6-8-15/h3-10,13H,1,11-12H2,2H3. The summed E-state index contributed by atoms with van der Waals surface area (Å²) in [5, 5.41) is 0.932. The molecule has 2 aromatic carbocycles. The van der Waals surface area contributed by atoms with Crippen LogP contribution < -0.4 is 10.4 Å². The van der Waals surface area contributed by atoms with Crippen molar-refractivity contribution in [2.45, 2.75) is 13.3 Å². The van der Waals surface area contributed by atoms with E-state index in [1.165, 1.54) is 0 Å². The smallest absolute Gasteiger partial charge is 0.340 e. The van der Waals surface area contributed by atoms with Crippen molar-refractivity contribution in [1.82, 2.24) is 0 Å². The number of benzene rings is 2. The Morgan fingerprint density at radius 1 is 1.17 bits per heavy atom. The van der Waals surface area contributed by atoms with Gasteiger partial charge in [0.15, 0.2) is 0 Å². The van der Waals surface area contributed by atoms with Gasteiger partial charge in [-0.3, -0.25) is 0 Å². The first kappa shape index (κ1) is 15.1. The summed E-state index contributed by atoms with van der Waals surface area (Å²) < 4.78 is 11.0. The van der Waals surface area contributed by atoms with E-state index in [-0.39, 0.29) is 5.63 Å². The molecule has 3 aromatic rings. The van der Waals surface area contributed by atoms with Gasteiger partial charge in [0.1, 0.15) is 17.9 Å². The van der Waals surface area contributed by atoms with E-state index < -0.39 is 0 Å². The van der Waals surface area contributed by atoms with Gasteiger partial charge in [-0.15, -0.1) is 0 Å². The number of rotatable bonds is 5. The van der Waals surface area contributed by atoms with E-state index in [1.54, 1.807) is 12.1 Å². The lowest BCUT2D eigenvalue weighted by molar-refractivity contribution is 0.363. The molecular weight excluding hydrogens is 288 g/mol. The molecule has 3 rings (SSSR count). The first-order valence-corrected chi connectivity index (χ1v) is 7.53. The molecule has 0 fully saturated rings. The maximum Gasteiger partial charge on any atom is 0.340 e. The number of fused-ring (bicyclic) bond motifs is 1. The third-order valence-electron chi connectivity index (χ3n) is 3.85. The highest BCUT2D eigenvalue weighted by atomic mass is 16.5. The van der Waals surface area contributed by atoms with E-state index in [9.17, 15) is 4.79 Å². The van der Waals surface area contributed by atoms with Crippen LogP contribution in [0.25, 0.3) is 11.0 Å². The summed E-state index contributed by atoms with van der Waals surface area (Å²) in [5.41, 5.74) is 3.00. The summed E-state index contributed by atoms with van der Waals surface area (Å²) >= 11 is 0. The van der Waals surface area contributed by atoms with Crippen LogP contribution >= 0.6 is 0 Å². The summed E-state index contributed by atoms with van der Waals surface area (Å²) in [6.45, 7) is 6.00. The predicted molar refractivity (Wildman–Crippen MR) is 92.2 cm³/mol. The van der Waals surface area contributed by atoms with E-state index >= 15 is 0 Å². The zero-order valence-corrected chi connectivity index (χ0v) is 13.0. The highest BCUT2D eigenvalue weighted by Gasteiger charge is 2.12. The van der Waals surface area contributed by atoms with E-state index in [1.807, 2.05) is 49.4 Å². The number of hydrogen-bond donors (Lipinski definition) is 0. The summed E-state index contributed by atoms with van der Waals surface area (Å²) in [6, 6.07) is 15.5. The fourth-order valence-electron chi connectivity index (χ4n) is 2.62. The van der Waals surface area contributed by atoms with Crippen molar-refractivity contribution in [3.05, 3.63) is 88.3 Å². The molecule has 116 valence electrons. The molecule has 0 spiro atoms. The molecule has 0 amide bonds. The van der Waals surface area contributed by atoms with Crippen LogP contribution in [0.4, 0.5) is 0 Å². The minimum Gasteiger partial charge on any atom is -0.489 e. The zero-order valence-electron chi connectivity index (χ0n) is 13.0. The average Bonchev–Trinajstić information content (AvgIpc) is 2.57. The van der Waals surface area contributed by atoms with E-state index in [4.69, 9.17) is 9.15 Å². The van der Waals surface area contributed by atoms with E-state index in [0.29, 0.717) is 29.9 Å². The van der Waals surface area contributed by atoms with Gasteiger partial charge in [-0.25, -0.2) is 4.79 Å². The summed E-state index contributed by atoms with van der Waals surface area (Å²) in [4.78, 5) is 12.4. The molecule has 0 bridgehead atoms. The highest BCUT2D eigenvalue weighted by molar-refractivity contribution is 5.82. The molecule has 1 heterocycles. The SMILES string of the molecule is C=CCOc1ccc2c(C)c(Cc3ccccc3)c(=O)oc2c1. The van der Waals surface area contributed by atoms with E-state index in [0.717, 1.165) is 16.5 Å². The number of ether oxygens (including phenoxy) is 1. The molecule has 0 N–H and O–H groups in total. The Morgan fingerprint density at radius 2 is 1.96 bits per heavy atom. The van der Waals surface area contributed by atoms with Gasteiger partial charge in [-0.1, -0.05) is 43.0 Å². The monoisotopic (exact) mass is 306 g/mol. The molecule has 0 unspecified atom stereocenters. The van der Waals surface area contributed by atoms with Crippen molar-refractivity contribution in [2.24, 2.45) is 0 Å². The summed E-state index contributed by atoms with van der Waals surface area (Å²) in [5.74, 6) is 0.663. The normalized spacial score (nSPS) is 10.7. The third kappa shape index (κ3) is 3.19. The van der Waals surface area contributed by atoms with E-state index in [2.05, 4.69) is 6.58 Å². The topological polar surface area (TPSA) is 39.4 Å².